The first kappa shape index (κ1) is 12.2. The number of nitrogens with zero attached hydrogens (tertiary/aromatic N) is 2. The lowest BCUT2D eigenvalue weighted by Gasteiger charge is -2.13. The third-order valence-corrected chi connectivity index (χ3v) is 3.34. The van der Waals surface area contributed by atoms with Crippen LogP contribution in [0.1, 0.15) is 25.8 Å². The zero-order chi connectivity index (χ0) is 11.5. The largest absolute Gasteiger partial charge is 0.328 e. The summed E-state index contributed by atoms with van der Waals surface area (Å²) >= 11 is 0. The molecule has 0 aromatic carbocycles. The average Bonchev–Trinajstić information content (AvgIpc) is 2.62. The van der Waals surface area contributed by atoms with Crippen molar-refractivity contribution < 1.29 is 8.42 Å². The van der Waals surface area contributed by atoms with E-state index in [1.54, 1.807) is 10.9 Å². The fourth-order valence-corrected chi connectivity index (χ4v) is 1.94. The Balaban J connectivity index is 2.92. The van der Waals surface area contributed by atoms with Gasteiger partial charge in [0.05, 0.1) is 12.2 Å². The van der Waals surface area contributed by atoms with Crippen molar-refractivity contribution in [3.63, 3.8) is 0 Å². The predicted octanol–water partition coefficient (Wildman–Crippen LogP) is 0.587. The van der Waals surface area contributed by atoms with Crippen LogP contribution in [0.2, 0.25) is 0 Å². The molecule has 0 spiro atoms. The minimum Gasteiger partial charge on any atom is -0.328 e. The molecule has 0 aliphatic carbocycles. The lowest BCUT2D eigenvalue weighted by atomic mass is 10.2. The van der Waals surface area contributed by atoms with E-state index in [1.165, 1.54) is 12.5 Å². The van der Waals surface area contributed by atoms with Gasteiger partial charge in [0, 0.05) is 19.0 Å². The molecule has 0 saturated carbocycles. The van der Waals surface area contributed by atoms with Crippen molar-refractivity contribution in [3.05, 3.63) is 12.4 Å². The Morgan fingerprint density at radius 3 is 2.67 bits per heavy atom. The molecule has 0 amide bonds. The Morgan fingerprint density at radius 2 is 2.27 bits per heavy atom. The van der Waals surface area contributed by atoms with Gasteiger partial charge in [0.1, 0.15) is 4.90 Å². The molecular weight excluding hydrogens is 214 g/mol. The fraction of sp³-hybridized carbons (Fsp3) is 0.667. The average molecular weight is 231 g/mol. The molecule has 2 N–H and O–H groups in total. The van der Waals surface area contributed by atoms with Crippen molar-refractivity contribution in [1.82, 2.24) is 9.78 Å². The third kappa shape index (κ3) is 3.04. The summed E-state index contributed by atoms with van der Waals surface area (Å²) in [5.41, 5.74) is 5.60. The molecule has 1 heterocycles. The SMILES string of the molecule is CCCC(CN)n1cc(S(C)(=O)=O)cn1. The van der Waals surface area contributed by atoms with Gasteiger partial charge in [-0.05, 0) is 6.42 Å². The highest BCUT2D eigenvalue weighted by Crippen LogP contribution is 2.14. The first-order chi connectivity index (χ1) is 6.99. The highest BCUT2D eigenvalue weighted by molar-refractivity contribution is 7.90. The molecule has 0 bridgehead atoms. The van der Waals surface area contributed by atoms with Crippen LogP contribution in [0.25, 0.3) is 0 Å². The van der Waals surface area contributed by atoms with Crippen molar-refractivity contribution in [2.75, 3.05) is 12.8 Å². The van der Waals surface area contributed by atoms with Crippen molar-refractivity contribution in [3.8, 4) is 0 Å². The second kappa shape index (κ2) is 4.76. The molecule has 15 heavy (non-hydrogen) atoms. The molecule has 86 valence electrons. The van der Waals surface area contributed by atoms with Gasteiger partial charge in [-0.3, -0.25) is 4.68 Å². The first-order valence-corrected chi connectivity index (χ1v) is 6.82. The van der Waals surface area contributed by atoms with E-state index in [1.807, 2.05) is 0 Å². The molecule has 0 saturated heterocycles. The molecule has 0 fully saturated rings. The lowest BCUT2D eigenvalue weighted by Crippen LogP contribution is -2.19. The van der Waals surface area contributed by atoms with E-state index in [9.17, 15) is 8.42 Å². The molecule has 0 aliphatic rings. The van der Waals surface area contributed by atoms with E-state index in [0.29, 0.717) is 6.54 Å². The quantitative estimate of drug-likeness (QED) is 0.804. The van der Waals surface area contributed by atoms with Crippen LogP contribution in [-0.2, 0) is 9.84 Å². The number of hydrogen-bond donors (Lipinski definition) is 1. The summed E-state index contributed by atoms with van der Waals surface area (Å²) in [6.45, 7) is 2.53. The molecule has 1 atom stereocenters. The zero-order valence-electron chi connectivity index (χ0n) is 9.05. The molecular formula is C9H17N3O2S. The molecule has 1 aromatic rings. The van der Waals surface area contributed by atoms with Crippen LogP contribution in [0, 0.1) is 0 Å². The van der Waals surface area contributed by atoms with Crippen LogP contribution in [0.15, 0.2) is 17.3 Å². The van der Waals surface area contributed by atoms with Gasteiger partial charge in [0.2, 0.25) is 0 Å². The van der Waals surface area contributed by atoms with Gasteiger partial charge in [-0.15, -0.1) is 0 Å². The molecule has 0 aliphatic heterocycles. The molecule has 1 aromatic heterocycles. The van der Waals surface area contributed by atoms with E-state index in [4.69, 9.17) is 5.73 Å². The molecule has 0 radical (unpaired) electrons. The topological polar surface area (TPSA) is 78.0 Å². The predicted molar refractivity (Wildman–Crippen MR) is 58.3 cm³/mol. The number of sulfone groups is 1. The number of rotatable bonds is 5. The van der Waals surface area contributed by atoms with E-state index in [0.717, 1.165) is 12.8 Å². The van der Waals surface area contributed by atoms with Gasteiger partial charge in [-0.1, -0.05) is 13.3 Å². The van der Waals surface area contributed by atoms with Crippen LogP contribution in [0.5, 0.6) is 0 Å². The van der Waals surface area contributed by atoms with Crippen molar-refractivity contribution in [1.29, 1.82) is 0 Å². The second-order valence-electron chi connectivity index (χ2n) is 3.61. The maximum absolute atomic E-state index is 11.2. The monoisotopic (exact) mass is 231 g/mol. The van der Waals surface area contributed by atoms with Gasteiger partial charge in [-0.2, -0.15) is 5.10 Å². The van der Waals surface area contributed by atoms with E-state index >= 15 is 0 Å². The van der Waals surface area contributed by atoms with Crippen molar-refractivity contribution in [2.24, 2.45) is 5.73 Å². The standard InChI is InChI=1S/C9H17N3O2S/c1-3-4-8(5-10)12-7-9(6-11-12)15(2,13)14/h6-8H,3-5,10H2,1-2H3. The Kier molecular flexibility index (Phi) is 3.87. The highest BCUT2D eigenvalue weighted by atomic mass is 32.2. The summed E-state index contributed by atoms with van der Waals surface area (Å²) in [7, 11) is -3.16. The van der Waals surface area contributed by atoms with Crippen molar-refractivity contribution >= 4 is 9.84 Å². The first-order valence-electron chi connectivity index (χ1n) is 4.93. The summed E-state index contributed by atoms with van der Waals surface area (Å²) in [5.74, 6) is 0. The molecule has 5 nitrogen and oxygen atoms in total. The van der Waals surface area contributed by atoms with Crippen LogP contribution >= 0.6 is 0 Å². The fourth-order valence-electron chi connectivity index (χ4n) is 1.40. The minimum atomic E-state index is -3.16. The van der Waals surface area contributed by atoms with Crippen LogP contribution in [0.4, 0.5) is 0 Å². The normalized spacial score (nSPS) is 14.1. The second-order valence-corrected chi connectivity index (χ2v) is 5.62. The Labute approximate surface area is 90.2 Å². The maximum Gasteiger partial charge on any atom is 0.178 e. The Morgan fingerprint density at radius 1 is 1.60 bits per heavy atom. The van der Waals surface area contributed by atoms with E-state index < -0.39 is 9.84 Å². The van der Waals surface area contributed by atoms with Gasteiger partial charge in [-0.25, -0.2) is 8.42 Å². The van der Waals surface area contributed by atoms with Crippen LogP contribution in [-0.4, -0.2) is 31.0 Å². The van der Waals surface area contributed by atoms with E-state index in [2.05, 4.69) is 12.0 Å². The smallest absolute Gasteiger partial charge is 0.178 e. The Hall–Kier alpha value is -0.880. The number of nitrogens with two attached hydrogens (primary N) is 1. The van der Waals surface area contributed by atoms with E-state index in [-0.39, 0.29) is 10.9 Å². The molecule has 1 rings (SSSR count). The Bertz CT molecular complexity index is 411. The van der Waals surface area contributed by atoms with Crippen molar-refractivity contribution in [2.45, 2.75) is 30.7 Å². The van der Waals surface area contributed by atoms with Gasteiger partial charge in [0.15, 0.2) is 9.84 Å². The number of hydrogen-bond acceptors (Lipinski definition) is 4. The molecule has 6 heteroatoms. The van der Waals surface area contributed by atoms with Crippen LogP contribution in [0.3, 0.4) is 0 Å². The summed E-state index contributed by atoms with van der Waals surface area (Å²) in [6, 6.07) is 0.0884. The summed E-state index contributed by atoms with van der Waals surface area (Å²) in [5, 5.41) is 4.03. The zero-order valence-corrected chi connectivity index (χ0v) is 9.87. The lowest BCUT2D eigenvalue weighted by molar-refractivity contribution is 0.428. The van der Waals surface area contributed by atoms with Gasteiger partial charge in [0.25, 0.3) is 0 Å². The molecule has 1 unspecified atom stereocenters. The van der Waals surface area contributed by atoms with Gasteiger partial charge >= 0.3 is 0 Å². The summed E-state index contributed by atoms with van der Waals surface area (Å²) in [6.07, 6.45) is 5.99. The minimum absolute atomic E-state index is 0.0884. The maximum atomic E-state index is 11.2. The summed E-state index contributed by atoms with van der Waals surface area (Å²) < 4.78 is 24.1. The summed E-state index contributed by atoms with van der Waals surface area (Å²) in [4.78, 5) is 0.247. The highest BCUT2D eigenvalue weighted by Gasteiger charge is 2.14. The van der Waals surface area contributed by atoms with Gasteiger partial charge < -0.3 is 5.73 Å². The van der Waals surface area contributed by atoms with Crippen LogP contribution < -0.4 is 5.73 Å². The third-order valence-electron chi connectivity index (χ3n) is 2.27. The number of aromatic nitrogens is 2.